The molecule has 0 saturated heterocycles. The smallest absolute Gasteiger partial charge is 0.306 e. The molecule has 0 fully saturated rings. The van der Waals surface area contributed by atoms with Gasteiger partial charge in [0.05, 0.1) is 29.9 Å². The Kier molecular flexibility index (Phi) is 7.86. The van der Waals surface area contributed by atoms with E-state index in [0.717, 1.165) is 25.3 Å². The van der Waals surface area contributed by atoms with Gasteiger partial charge in [0, 0.05) is 19.3 Å². The van der Waals surface area contributed by atoms with Gasteiger partial charge in [0.25, 0.3) is 0 Å². The fourth-order valence-corrected chi connectivity index (χ4v) is 1.68. The summed E-state index contributed by atoms with van der Waals surface area (Å²) in [6.07, 6.45) is 6.19. The van der Waals surface area contributed by atoms with Crippen LogP contribution in [0.25, 0.3) is 0 Å². The molecule has 0 aliphatic heterocycles. The molecule has 10 heteroatoms. The van der Waals surface area contributed by atoms with Gasteiger partial charge in [-0.25, -0.2) is 0 Å². The minimum absolute atomic E-state index is 0.0405. The SMILES string of the molecule is CN(C)CCn1cc(N)cn1.CN(C)CCn1cc([N+](=O)[O-])cn1. The molecule has 0 saturated carbocycles. The number of hydrogen-bond donors (Lipinski definition) is 1. The third-order valence-electron chi connectivity index (χ3n) is 3.04. The first-order chi connectivity index (χ1) is 11.3. The maximum atomic E-state index is 10.3. The van der Waals surface area contributed by atoms with Crippen LogP contribution in [0, 0.1) is 10.1 Å². The van der Waals surface area contributed by atoms with Crippen molar-refractivity contribution in [2.75, 3.05) is 47.0 Å². The van der Waals surface area contributed by atoms with E-state index in [0.29, 0.717) is 6.54 Å². The van der Waals surface area contributed by atoms with Gasteiger partial charge in [-0.3, -0.25) is 19.5 Å². The molecule has 2 rings (SSSR count). The first-order valence-corrected chi connectivity index (χ1v) is 7.52. The van der Waals surface area contributed by atoms with Crippen molar-refractivity contribution in [3.63, 3.8) is 0 Å². The van der Waals surface area contributed by atoms with Crippen molar-refractivity contribution in [3.05, 3.63) is 34.9 Å². The van der Waals surface area contributed by atoms with Gasteiger partial charge in [-0.1, -0.05) is 0 Å². The zero-order chi connectivity index (χ0) is 18.1. The Morgan fingerprint density at radius 3 is 1.92 bits per heavy atom. The molecule has 0 amide bonds. The number of nitrogen functional groups attached to an aromatic ring is 1. The number of nitro groups is 1. The summed E-state index contributed by atoms with van der Waals surface area (Å²) in [6.45, 7) is 3.37. The van der Waals surface area contributed by atoms with Crippen molar-refractivity contribution < 1.29 is 4.92 Å². The molecule has 10 nitrogen and oxygen atoms in total. The van der Waals surface area contributed by atoms with Crippen molar-refractivity contribution >= 4 is 11.4 Å². The van der Waals surface area contributed by atoms with E-state index in [1.165, 1.54) is 12.4 Å². The molecule has 0 aromatic carbocycles. The lowest BCUT2D eigenvalue weighted by Crippen LogP contribution is -2.18. The highest BCUT2D eigenvalue weighted by atomic mass is 16.6. The van der Waals surface area contributed by atoms with Crippen LogP contribution in [0.2, 0.25) is 0 Å². The molecule has 0 atom stereocenters. The molecule has 2 aromatic rings. The van der Waals surface area contributed by atoms with Gasteiger partial charge < -0.3 is 15.5 Å². The number of aromatic nitrogens is 4. The fraction of sp³-hybridized carbons (Fsp3) is 0.571. The van der Waals surface area contributed by atoms with Crippen LogP contribution in [-0.4, -0.2) is 75.6 Å². The van der Waals surface area contributed by atoms with Crippen LogP contribution < -0.4 is 5.73 Å². The number of anilines is 1. The van der Waals surface area contributed by atoms with Gasteiger partial charge in [-0.05, 0) is 28.2 Å². The lowest BCUT2D eigenvalue weighted by molar-refractivity contribution is -0.385. The average Bonchev–Trinajstić information content (AvgIpc) is 3.12. The van der Waals surface area contributed by atoms with E-state index >= 15 is 0 Å². The van der Waals surface area contributed by atoms with E-state index in [2.05, 4.69) is 15.1 Å². The molecule has 0 bridgehead atoms. The Bertz CT molecular complexity index is 620. The molecule has 0 unspecified atom stereocenters. The Morgan fingerprint density at radius 1 is 1.04 bits per heavy atom. The van der Waals surface area contributed by atoms with Crippen molar-refractivity contribution in [1.82, 2.24) is 29.4 Å². The van der Waals surface area contributed by atoms with Crippen LogP contribution in [0.4, 0.5) is 11.4 Å². The molecule has 134 valence electrons. The lowest BCUT2D eigenvalue weighted by Gasteiger charge is -2.08. The maximum absolute atomic E-state index is 10.3. The quantitative estimate of drug-likeness (QED) is 0.574. The summed E-state index contributed by atoms with van der Waals surface area (Å²) in [5, 5.41) is 18.2. The van der Waals surface area contributed by atoms with Gasteiger partial charge in [-0.15, -0.1) is 0 Å². The molecular weight excluding hydrogens is 312 g/mol. The largest absolute Gasteiger partial charge is 0.396 e. The van der Waals surface area contributed by atoms with E-state index < -0.39 is 4.92 Å². The molecule has 24 heavy (non-hydrogen) atoms. The highest BCUT2D eigenvalue weighted by molar-refractivity contribution is 5.30. The van der Waals surface area contributed by atoms with Gasteiger partial charge in [0.1, 0.15) is 12.4 Å². The lowest BCUT2D eigenvalue weighted by atomic mass is 10.5. The molecule has 2 heterocycles. The van der Waals surface area contributed by atoms with Crippen molar-refractivity contribution in [2.24, 2.45) is 0 Å². The van der Waals surface area contributed by atoms with Crippen molar-refractivity contribution in [3.8, 4) is 0 Å². The molecule has 0 aliphatic carbocycles. The summed E-state index contributed by atoms with van der Waals surface area (Å²) >= 11 is 0. The number of likely N-dealkylation sites (N-methyl/N-ethyl adjacent to an activating group) is 2. The van der Waals surface area contributed by atoms with Crippen LogP contribution in [0.3, 0.4) is 0 Å². The summed E-state index contributed by atoms with van der Waals surface area (Å²) < 4.78 is 3.41. The second kappa shape index (κ2) is 9.63. The van der Waals surface area contributed by atoms with Crippen LogP contribution in [-0.2, 0) is 13.1 Å². The van der Waals surface area contributed by atoms with Crippen LogP contribution in [0.5, 0.6) is 0 Å². The van der Waals surface area contributed by atoms with Crippen LogP contribution >= 0.6 is 0 Å². The normalized spacial score (nSPS) is 10.8. The van der Waals surface area contributed by atoms with Crippen LogP contribution in [0.1, 0.15) is 0 Å². The van der Waals surface area contributed by atoms with Crippen molar-refractivity contribution in [1.29, 1.82) is 0 Å². The van der Waals surface area contributed by atoms with Crippen molar-refractivity contribution in [2.45, 2.75) is 13.1 Å². The third-order valence-corrected chi connectivity index (χ3v) is 3.04. The highest BCUT2D eigenvalue weighted by Crippen LogP contribution is 2.07. The first-order valence-electron chi connectivity index (χ1n) is 7.52. The van der Waals surface area contributed by atoms with Crippen LogP contribution in [0.15, 0.2) is 24.8 Å². The monoisotopic (exact) mass is 338 g/mol. The second-order valence-electron chi connectivity index (χ2n) is 5.86. The number of nitrogens with zero attached hydrogens (tertiary/aromatic N) is 7. The predicted octanol–water partition coefficient (Wildman–Crippen LogP) is 0.380. The average molecular weight is 338 g/mol. The summed E-state index contributed by atoms with van der Waals surface area (Å²) in [5.41, 5.74) is 6.25. The molecule has 2 aromatic heterocycles. The highest BCUT2D eigenvalue weighted by Gasteiger charge is 2.07. The summed E-state index contributed by atoms with van der Waals surface area (Å²) in [7, 11) is 7.95. The fourth-order valence-electron chi connectivity index (χ4n) is 1.68. The third kappa shape index (κ3) is 7.70. The van der Waals surface area contributed by atoms with Gasteiger partial charge in [0.15, 0.2) is 0 Å². The first kappa shape index (κ1) is 19.6. The van der Waals surface area contributed by atoms with Gasteiger partial charge >= 0.3 is 5.69 Å². The standard InChI is InChI=1S/C7H12N4O2.C7H14N4/c1-9(2)3-4-10-6-7(5-8-10)11(12)13;1-10(2)3-4-11-6-7(8)5-9-11/h5-6H,3-4H2,1-2H3;5-6H,3-4,8H2,1-2H3. The molecule has 0 aliphatic rings. The van der Waals surface area contributed by atoms with E-state index in [9.17, 15) is 10.1 Å². The van der Waals surface area contributed by atoms with E-state index in [1.54, 1.807) is 10.9 Å². The van der Waals surface area contributed by atoms with Gasteiger partial charge in [-0.2, -0.15) is 10.2 Å². The second-order valence-corrected chi connectivity index (χ2v) is 5.86. The minimum atomic E-state index is -0.445. The summed E-state index contributed by atoms with van der Waals surface area (Å²) in [6, 6.07) is 0. The Labute approximate surface area is 141 Å². The number of nitrogens with two attached hydrogens (primary N) is 1. The molecular formula is C14H26N8O2. The van der Waals surface area contributed by atoms with E-state index in [4.69, 9.17) is 5.73 Å². The van der Waals surface area contributed by atoms with E-state index in [-0.39, 0.29) is 5.69 Å². The zero-order valence-electron chi connectivity index (χ0n) is 14.7. The molecule has 0 spiro atoms. The zero-order valence-corrected chi connectivity index (χ0v) is 14.7. The number of hydrogen-bond acceptors (Lipinski definition) is 7. The topological polar surface area (TPSA) is 111 Å². The Balaban J connectivity index is 0.000000243. The maximum Gasteiger partial charge on any atom is 0.306 e. The summed E-state index contributed by atoms with van der Waals surface area (Å²) in [4.78, 5) is 14.0. The number of rotatable bonds is 7. The predicted molar refractivity (Wildman–Crippen MR) is 92.6 cm³/mol. The molecule has 0 radical (unpaired) electrons. The summed E-state index contributed by atoms with van der Waals surface area (Å²) in [5.74, 6) is 0. The minimum Gasteiger partial charge on any atom is -0.396 e. The van der Waals surface area contributed by atoms with E-state index in [1.807, 2.05) is 44.0 Å². The molecule has 2 N–H and O–H groups in total. The Morgan fingerprint density at radius 2 is 1.54 bits per heavy atom. The Hall–Kier alpha value is -2.46. The van der Waals surface area contributed by atoms with Gasteiger partial charge in [0.2, 0.25) is 0 Å².